The Labute approximate surface area is 127 Å². The molecule has 1 aliphatic rings. The number of hydrogen-bond acceptors (Lipinski definition) is 5. The van der Waals surface area contributed by atoms with Gasteiger partial charge in [0, 0.05) is 18.7 Å². The minimum atomic E-state index is -0.499. The Morgan fingerprint density at radius 2 is 2.41 bits per heavy atom. The fourth-order valence-electron chi connectivity index (χ4n) is 2.79. The number of carbonyl (C=O) groups is 1. The van der Waals surface area contributed by atoms with Gasteiger partial charge in [0.1, 0.15) is 0 Å². The number of nitrogens with one attached hydrogen (secondary N) is 1. The molecular formula is C15H19N3O4. The predicted molar refractivity (Wildman–Crippen MR) is 78.2 cm³/mol. The second kappa shape index (κ2) is 5.58. The van der Waals surface area contributed by atoms with Crippen molar-refractivity contribution in [1.29, 1.82) is 0 Å². The molecule has 1 amide bonds. The van der Waals surface area contributed by atoms with Crippen molar-refractivity contribution in [2.24, 2.45) is 0 Å². The first-order valence-corrected chi connectivity index (χ1v) is 7.14. The number of H-pyrrole nitrogens is 1. The molecule has 22 heavy (non-hydrogen) atoms. The Hall–Kier alpha value is -2.12. The molecule has 0 aromatic carbocycles. The molecule has 0 bridgehead atoms. The van der Waals surface area contributed by atoms with Gasteiger partial charge in [0.2, 0.25) is 0 Å². The fraction of sp³-hybridized carbons (Fsp3) is 0.467. The summed E-state index contributed by atoms with van der Waals surface area (Å²) in [5.74, 6) is -0.139. The zero-order chi connectivity index (χ0) is 15.7. The number of amides is 1. The number of aliphatic hydroxyl groups is 1. The van der Waals surface area contributed by atoms with E-state index in [2.05, 4.69) is 10.2 Å². The molecule has 0 radical (unpaired) electrons. The van der Waals surface area contributed by atoms with E-state index in [1.54, 1.807) is 23.5 Å². The molecular weight excluding hydrogens is 286 g/mol. The van der Waals surface area contributed by atoms with Crippen molar-refractivity contribution in [3.8, 4) is 11.3 Å². The van der Waals surface area contributed by atoms with E-state index in [-0.39, 0.29) is 18.6 Å². The highest BCUT2D eigenvalue weighted by Gasteiger charge is 2.36. The van der Waals surface area contributed by atoms with Crippen LogP contribution in [0.25, 0.3) is 11.3 Å². The first-order chi connectivity index (χ1) is 10.5. The van der Waals surface area contributed by atoms with Crippen molar-refractivity contribution in [3.63, 3.8) is 0 Å². The summed E-state index contributed by atoms with van der Waals surface area (Å²) in [4.78, 5) is 14.5. The van der Waals surface area contributed by atoms with Crippen LogP contribution < -0.4 is 0 Å². The third-order valence-electron chi connectivity index (χ3n) is 3.65. The largest absolute Gasteiger partial charge is 0.472 e. The predicted octanol–water partition coefficient (Wildman–Crippen LogP) is 1.28. The lowest BCUT2D eigenvalue weighted by Crippen LogP contribution is -2.55. The molecule has 3 heterocycles. The van der Waals surface area contributed by atoms with Crippen LogP contribution in [0.3, 0.4) is 0 Å². The number of morpholine rings is 1. The SMILES string of the molecule is CC1(C)CN(C(=O)c2cn[nH]c2-c2ccoc2)C[C@H](CO)O1. The highest BCUT2D eigenvalue weighted by atomic mass is 16.5. The summed E-state index contributed by atoms with van der Waals surface area (Å²) in [6, 6.07) is 1.77. The lowest BCUT2D eigenvalue weighted by Gasteiger charge is -2.42. The summed E-state index contributed by atoms with van der Waals surface area (Å²) < 4.78 is 10.8. The minimum Gasteiger partial charge on any atom is -0.472 e. The van der Waals surface area contributed by atoms with Crippen molar-refractivity contribution in [2.45, 2.75) is 25.6 Å². The standard InChI is InChI=1S/C15H19N3O4/c1-15(2)9-18(6-11(7-19)22-15)14(20)12-5-16-17-13(12)10-3-4-21-8-10/h3-5,8,11,19H,6-7,9H2,1-2H3,(H,16,17)/t11-/m1/s1. The topological polar surface area (TPSA) is 91.6 Å². The third kappa shape index (κ3) is 2.77. The molecule has 7 nitrogen and oxygen atoms in total. The van der Waals surface area contributed by atoms with Gasteiger partial charge >= 0.3 is 0 Å². The van der Waals surface area contributed by atoms with E-state index in [9.17, 15) is 9.90 Å². The van der Waals surface area contributed by atoms with E-state index >= 15 is 0 Å². The Bertz CT molecular complexity index is 648. The van der Waals surface area contributed by atoms with E-state index in [0.717, 1.165) is 5.56 Å². The smallest absolute Gasteiger partial charge is 0.257 e. The lowest BCUT2D eigenvalue weighted by molar-refractivity contribution is -0.139. The normalized spacial score (nSPS) is 21.0. The van der Waals surface area contributed by atoms with Crippen LogP contribution in [0.15, 0.2) is 29.2 Å². The van der Waals surface area contributed by atoms with Crippen molar-refractivity contribution in [2.75, 3.05) is 19.7 Å². The Kier molecular flexibility index (Phi) is 3.76. The van der Waals surface area contributed by atoms with Gasteiger partial charge in [0.15, 0.2) is 0 Å². The molecule has 1 fully saturated rings. The van der Waals surface area contributed by atoms with Crippen molar-refractivity contribution in [3.05, 3.63) is 30.4 Å². The molecule has 0 unspecified atom stereocenters. The fourth-order valence-corrected chi connectivity index (χ4v) is 2.79. The number of aromatic nitrogens is 2. The minimum absolute atomic E-state index is 0.118. The number of carbonyl (C=O) groups excluding carboxylic acids is 1. The number of hydrogen-bond donors (Lipinski definition) is 2. The van der Waals surface area contributed by atoms with Crippen LogP contribution in [0.4, 0.5) is 0 Å². The van der Waals surface area contributed by atoms with Gasteiger partial charge in [0.05, 0.1) is 48.3 Å². The van der Waals surface area contributed by atoms with Gasteiger partial charge in [0.25, 0.3) is 5.91 Å². The van der Waals surface area contributed by atoms with Gasteiger partial charge in [-0.1, -0.05) is 0 Å². The van der Waals surface area contributed by atoms with Gasteiger partial charge < -0.3 is 19.2 Å². The van der Waals surface area contributed by atoms with Gasteiger partial charge in [-0.3, -0.25) is 9.89 Å². The van der Waals surface area contributed by atoms with E-state index in [0.29, 0.717) is 24.3 Å². The Morgan fingerprint density at radius 3 is 3.09 bits per heavy atom. The van der Waals surface area contributed by atoms with Crippen LogP contribution in [0.1, 0.15) is 24.2 Å². The van der Waals surface area contributed by atoms with Crippen molar-refractivity contribution < 1.29 is 19.1 Å². The van der Waals surface area contributed by atoms with Crippen LogP contribution >= 0.6 is 0 Å². The molecule has 1 atom stereocenters. The summed E-state index contributed by atoms with van der Waals surface area (Å²) in [6.07, 6.45) is 4.24. The molecule has 7 heteroatoms. The molecule has 2 N–H and O–H groups in total. The zero-order valence-corrected chi connectivity index (χ0v) is 12.6. The molecule has 1 aliphatic heterocycles. The van der Waals surface area contributed by atoms with Gasteiger partial charge in [-0.15, -0.1) is 0 Å². The van der Waals surface area contributed by atoms with Crippen molar-refractivity contribution in [1.82, 2.24) is 15.1 Å². The molecule has 1 saturated heterocycles. The van der Waals surface area contributed by atoms with E-state index in [1.165, 1.54) is 6.20 Å². The number of furan rings is 1. The zero-order valence-electron chi connectivity index (χ0n) is 12.6. The summed E-state index contributed by atoms with van der Waals surface area (Å²) >= 11 is 0. The van der Waals surface area contributed by atoms with Crippen LogP contribution in [0, 0.1) is 0 Å². The van der Waals surface area contributed by atoms with Gasteiger partial charge in [-0.05, 0) is 19.9 Å². The van der Waals surface area contributed by atoms with Gasteiger partial charge in [-0.2, -0.15) is 5.10 Å². The molecule has 0 spiro atoms. The quantitative estimate of drug-likeness (QED) is 0.891. The third-order valence-corrected chi connectivity index (χ3v) is 3.65. The second-order valence-corrected chi connectivity index (χ2v) is 6.04. The highest BCUT2D eigenvalue weighted by molar-refractivity contribution is 5.99. The number of ether oxygens (including phenoxy) is 1. The van der Waals surface area contributed by atoms with Crippen LogP contribution in [0.2, 0.25) is 0 Å². The van der Waals surface area contributed by atoms with Crippen LogP contribution in [-0.4, -0.2) is 57.5 Å². The summed E-state index contributed by atoms with van der Waals surface area (Å²) in [6.45, 7) is 4.50. The van der Waals surface area contributed by atoms with Crippen molar-refractivity contribution >= 4 is 5.91 Å². The number of aliphatic hydroxyl groups excluding tert-OH is 1. The number of nitrogens with zero attached hydrogens (tertiary/aromatic N) is 2. The molecule has 0 aliphatic carbocycles. The molecule has 2 aromatic rings. The average molecular weight is 305 g/mol. The van der Waals surface area contributed by atoms with E-state index < -0.39 is 5.60 Å². The molecule has 118 valence electrons. The molecule has 0 saturated carbocycles. The number of rotatable bonds is 3. The summed E-state index contributed by atoms with van der Waals surface area (Å²) in [5, 5.41) is 16.2. The maximum absolute atomic E-state index is 12.8. The van der Waals surface area contributed by atoms with Gasteiger partial charge in [-0.25, -0.2) is 0 Å². The summed E-state index contributed by atoms with van der Waals surface area (Å²) in [5.41, 5.74) is 1.38. The van der Waals surface area contributed by atoms with Crippen LogP contribution in [-0.2, 0) is 4.74 Å². The second-order valence-electron chi connectivity index (χ2n) is 6.04. The molecule has 3 rings (SSSR count). The van der Waals surface area contributed by atoms with E-state index in [4.69, 9.17) is 9.15 Å². The number of aromatic amines is 1. The Balaban J connectivity index is 1.87. The first-order valence-electron chi connectivity index (χ1n) is 7.14. The monoisotopic (exact) mass is 305 g/mol. The molecule has 2 aromatic heterocycles. The Morgan fingerprint density at radius 1 is 1.59 bits per heavy atom. The maximum atomic E-state index is 12.8. The maximum Gasteiger partial charge on any atom is 0.257 e. The van der Waals surface area contributed by atoms with E-state index in [1.807, 2.05) is 13.8 Å². The lowest BCUT2D eigenvalue weighted by atomic mass is 10.0. The van der Waals surface area contributed by atoms with Crippen LogP contribution in [0.5, 0.6) is 0 Å². The highest BCUT2D eigenvalue weighted by Crippen LogP contribution is 2.26. The summed E-state index contributed by atoms with van der Waals surface area (Å²) in [7, 11) is 0. The average Bonchev–Trinajstić information content (AvgIpc) is 3.14. The first kappa shape index (κ1) is 14.8.